The molecule has 1 heterocycles. The molecule has 0 amide bonds. The third-order valence-corrected chi connectivity index (χ3v) is 2.70. The number of benzene rings is 1. The van der Waals surface area contributed by atoms with Crippen molar-refractivity contribution in [2.75, 3.05) is 13.2 Å². The molecule has 0 saturated carbocycles. The molecular weight excluding hydrogens is 244 g/mol. The van der Waals surface area contributed by atoms with Gasteiger partial charge in [-0.15, -0.1) is 0 Å². The van der Waals surface area contributed by atoms with Gasteiger partial charge in [0.2, 0.25) is 0 Å². The van der Waals surface area contributed by atoms with Crippen LogP contribution in [0.1, 0.15) is 12.5 Å². The average Bonchev–Trinajstić information content (AvgIpc) is 2.84. The van der Waals surface area contributed by atoms with Gasteiger partial charge in [-0.05, 0) is 24.6 Å². The average molecular weight is 257 g/mol. The molecule has 0 bridgehead atoms. The van der Waals surface area contributed by atoms with E-state index in [1.807, 2.05) is 12.1 Å². The van der Waals surface area contributed by atoms with Gasteiger partial charge in [0.25, 0.3) is 0 Å². The zero-order valence-electron chi connectivity index (χ0n) is 8.13. The molecule has 76 valence electrons. The maximum absolute atomic E-state index is 5.56. The highest BCUT2D eigenvalue weighted by atomic mass is 79.9. The molecule has 2 rings (SSSR count). The molecule has 0 spiro atoms. The molecule has 2 nitrogen and oxygen atoms in total. The normalized spacial score (nSPS) is 25.0. The third-order valence-electron chi connectivity index (χ3n) is 2.20. The number of hydrogen-bond acceptors (Lipinski definition) is 2. The minimum atomic E-state index is -0.00792. The second kappa shape index (κ2) is 4.01. The smallest absolute Gasteiger partial charge is 0.112 e. The van der Waals surface area contributed by atoms with Crippen LogP contribution in [0.2, 0.25) is 0 Å². The number of ether oxygens (including phenoxy) is 2. The Morgan fingerprint density at radius 2 is 2.36 bits per heavy atom. The van der Waals surface area contributed by atoms with Crippen molar-refractivity contribution >= 4 is 15.9 Å². The van der Waals surface area contributed by atoms with Crippen LogP contribution in [0.25, 0.3) is 0 Å². The number of rotatable bonds is 4. The summed E-state index contributed by atoms with van der Waals surface area (Å²) < 4.78 is 11.9. The number of epoxide rings is 1. The first kappa shape index (κ1) is 10.1. The van der Waals surface area contributed by atoms with E-state index in [1.165, 1.54) is 5.56 Å². The van der Waals surface area contributed by atoms with Gasteiger partial charge in [0.05, 0.1) is 19.8 Å². The van der Waals surface area contributed by atoms with Crippen molar-refractivity contribution in [2.24, 2.45) is 0 Å². The zero-order chi connectivity index (χ0) is 10.0. The summed E-state index contributed by atoms with van der Waals surface area (Å²) in [6.07, 6.45) is 0. The van der Waals surface area contributed by atoms with E-state index in [2.05, 4.69) is 35.0 Å². The standard InChI is InChI=1S/C11H13BrO2/c1-11(8-14-11)7-13-6-9-3-2-4-10(12)5-9/h2-5H,6-8H2,1H3. The van der Waals surface area contributed by atoms with E-state index in [1.54, 1.807) is 0 Å². The largest absolute Gasteiger partial charge is 0.374 e. The first-order valence-electron chi connectivity index (χ1n) is 4.64. The molecule has 1 unspecified atom stereocenters. The first-order chi connectivity index (χ1) is 6.68. The lowest BCUT2D eigenvalue weighted by Gasteiger charge is -2.07. The Labute approximate surface area is 92.3 Å². The van der Waals surface area contributed by atoms with E-state index in [-0.39, 0.29) is 5.60 Å². The highest BCUT2D eigenvalue weighted by molar-refractivity contribution is 9.10. The molecule has 0 radical (unpaired) electrons. The minimum absolute atomic E-state index is 0.00792. The molecule has 1 aliphatic heterocycles. The molecule has 1 aromatic carbocycles. The summed E-state index contributed by atoms with van der Waals surface area (Å²) in [5.74, 6) is 0. The van der Waals surface area contributed by atoms with Crippen LogP contribution < -0.4 is 0 Å². The number of halogens is 1. The fourth-order valence-corrected chi connectivity index (χ4v) is 1.66. The Morgan fingerprint density at radius 1 is 1.57 bits per heavy atom. The second-order valence-electron chi connectivity index (χ2n) is 3.86. The molecule has 14 heavy (non-hydrogen) atoms. The zero-order valence-corrected chi connectivity index (χ0v) is 9.71. The van der Waals surface area contributed by atoms with Crippen molar-refractivity contribution in [3.63, 3.8) is 0 Å². The van der Waals surface area contributed by atoms with E-state index in [0.717, 1.165) is 11.1 Å². The Morgan fingerprint density at radius 3 is 3.00 bits per heavy atom. The molecule has 0 N–H and O–H groups in total. The maximum atomic E-state index is 5.56. The lowest BCUT2D eigenvalue weighted by Crippen LogP contribution is -2.14. The van der Waals surface area contributed by atoms with Crippen LogP contribution >= 0.6 is 15.9 Å². The predicted octanol–water partition coefficient (Wildman–Crippen LogP) is 2.75. The van der Waals surface area contributed by atoms with Crippen LogP contribution in [-0.2, 0) is 16.1 Å². The van der Waals surface area contributed by atoms with Crippen LogP contribution in [0.5, 0.6) is 0 Å². The van der Waals surface area contributed by atoms with Crippen LogP contribution in [0.3, 0.4) is 0 Å². The van der Waals surface area contributed by atoms with Crippen LogP contribution in [0.4, 0.5) is 0 Å². The summed E-state index contributed by atoms with van der Waals surface area (Å²) in [5, 5.41) is 0. The van der Waals surface area contributed by atoms with Gasteiger partial charge in [0.1, 0.15) is 5.60 Å². The minimum Gasteiger partial charge on any atom is -0.374 e. The van der Waals surface area contributed by atoms with Crippen molar-refractivity contribution < 1.29 is 9.47 Å². The Balaban J connectivity index is 1.80. The van der Waals surface area contributed by atoms with Crippen molar-refractivity contribution in [3.8, 4) is 0 Å². The summed E-state index contributed by atoms with van der Waals surface area (Å²) in [5.41, 5.74) is 1.18. The van der Waals surface area contributed by atoms with Gasteiger partial charge in [-0.3, -0.25) is 0 Å². The third kappa shape index (κ3) is 2.80. The summed E-state index contributed by atoms with van der Waals surface area (Å²) in [7, 11) is 0. The van der Waals surface area contributed by atoms with E-state index in [9.17, 15) is 0 Å². The first-order valence-corrected chi connectivity index (χ1v) is 5.43. The summed E-state index contributed by atoms with van der Waals surface area (Å²) in [6, 6.07) is 8.14. The second-order valence-corrected chi connectivity index (χ2v) is 4.78. The quantitative estimate of drug-likeness (QED) is 0.773. The summed E-state index contributed by atoms with van der Waals surface area (Å²) in [6.45, 7) is 4.22. The fourth-order valence-electron chi connectivity index (χ4n) is 1.22. The van der Waals surface area contributed by atoms with Gasteiger partial charge in [-0.1, -0.05) is 28.1 Å². The molecule has 1 fully saturated rings. The molecule has 3 heteroatoms. The predicted molar refractivity (Wildman–Crippen MR) is 58.2 cm³/mol. The van der Waals surface area contributed by atoms with Crippen LogP contribution in [0, 0.1) is 0 Å². The SMILES string of the molecule is CC1(COCc2cccc(Br)c2)CO1. The van der Waals surface area contributed by atoms with E-state index >= 15 is 0 Å². The topological polar surface area (TPSA) is 21.8 Å². The fraction of sp³-hybridized carbons (Fsp3) is 0.455. The Hall–Kier alpha value is -0.380. The highest BCUT2D eigenvalue weighted by Crippen LogP contribution is 2.26. The maximum Gasteiger partial charge on any atom is 0.112 e. The van der Waals surface area contributed by atoms with Crippen LogP contribution in [0.15, 0.2) is 28.7 Å². The van der Waals surface area contributed by atoms with Gasteiger partial charge < -0.3 is 9.47 Å². The lowest BCUT2D eigenvalue weighted by atomic mass is 10.2. The molecule has 0 aliphatic carbocycles. The van der Waals surface area contributed by atoms with Crippen LogP contribution in [-0.4, -0.2) is 18.8 Å². The van der Waals surface area contributed by atoms with E-state index in [4.69, 9.17) is 9.47 Å². The summed E-state index contributed by atoms with van der Waals surface area (Å²) in [4.78, 5) is 0. The van der Waals surface area contributed by atoms with Gasteiger partial charge >= 0.3 is 0 Å². The van der Waals surface area contributed by atoms with E-state index < -0.39 is 0 Å². The van der Waals surface area contributed by atoms with Gasteiger partial charge in [-0.25, -0.2) is 0 Å². The highest BCUT2D eigenvalue weighted by Gasteiger charge is 2.39. The molecule has 0 aromatic heterocycles. The van der Waals surface area contributed by atoms with Gasteiger partial charge in [0.15, 0.2) is 0 Å². The molecule has 1 aliphatic rings. The molecular formula is C11H13BrO2. The van der Waals surface area contributed by atoms with Gasteiger partial charge in [0, 0.05) is 4.47 Å². The van der Waals surface area contributed by atoms with Crippen molar-refractivity contribution in [3.05, 3.63) is 34.3 Å². The molecule has 1 saturated heterocycles. The van der Waals surface area contributed by atoms with Crippen molar-refractivity contribution in [1.82, 2.24) is 0 Å². The number of hydrogen-bond donors (Lipinski definition) is 0. The monoisotopic (exact) mass is 256 g/mol. The Kier molecular flexibility index (Phi) is 2.91. The van der Waals surface area contributed by atoms with Crippen molar-refractivity contribution in [1.29, 1.82) is 0 Å². The Bertz CT molecular complexity index is 321. The van der Waals surface area contributed by atoms with E-state index in [0.29, 0.717) is 13.2 Å². The molecule has 1 atom stereocenters. The summed E-state index contributed by atoms with van der Waals surface area (Å²) >= 11 is 3.43. The lowest BCUT2D eigenvalue weighted by molar-refractivity contribution is 0.0742. The van der Waals surface area contributed by atoms with Gasteiger partial charge in [-0.2, -0.15) is 0 Å². The van der Waals surface area contributed by atoms with Crippen molar-refractivity contribution in [2.45, 2.75) is 19.1 Å². The molecule has 1 aromatic rings.